The van der Waals surface area contributed by atoms with Crippen LogP contribution in [0.5, 0.6) is 11.5 Å². The molecule has 5 heteroatoms. The summed E-state index contributed by atoms with van der Waals surface area (Å²) in [5.41, 5.74) is 1.32. The van der Waals surface area contributed by atoms with Gasteiger partial charge in [0.25, 0.3) is 0 Å². The van der Waals surface area contributed by atoms with Gasteiger partial charge in [0, 0.05) is 16.6 Å². The lowest BCUT2D eigenvalue weighted by molar-refractivity contribution is -0.239. The Labute approximate surface area is 153 Å². The Morgan fingerprint density at radius 2 is 2.00 bits per heavy atom. The maximum atomic E-state index is 11.7. The molecule has 1 spiro atoms. The minimum absolute atomic E-state index is 0.136. The van der Waals surface area contributed by atoms with Crippen molar-refractivity contribution in [3.8, 4) is 11.5 Å². The van der Waals surface area contributed by atoms with E-state index in [9.17, 15) is 4.79 Å². The van der Waals surface area contributed by atoms with Gasteiger partial charge in [0.15, 0.2) is 17.8 Å². The third kappa shape index (κ3) is 2.95. The first-order valence-electron chi connectivity index (χ1n) is 8.98. The average Bonchev–Trinajstić information content (AvgIpc) is 3.24. The molecule has 138 valence electrons. The molecule has 1 aliphatic heterocycles. The summed E-state index contributed by atoms with van der Waals surface area (Å²) in [7, 11) is 1.54. The van der Waals surface area contributed by atoms with Crippen molar-refractivity contribution in [3.63, 3.8) is 0 Å². The first kappa shape index (κ1) is 17.3. The summed E-state index contributed by atoms with van der Waals surface area (Å²) in [5, 5.41) is 0. The Hall–Kier alpha value is -2.11. The number of esters is 1. The third-order valence-corrected chi connectivity index (χ3v) is 5.68. The molecule has 3 aliphatic rings. The first-order valence-corrected chi connectivity index (χ1v) is 8.98. The zero-order valence-electron chi connectivity index (χ0n) is 15.2. The van der Waals surface area contributed by atoms with Crippen LogP contribution in [0.15, 0.2) is 42.5 Å². The van der Waals surface area contributed by atoms with E-state index >= 15 is 0 Å². The molecule has 4 rings (SSSR count). The summed E-state index contributed by atoms with van der Waals surface area (Å²) in [5.74, 6) is 1.60. The highest BCUT2D eigenvalue weighted by atomic mass is 16.7. The van der Waals surface area contributed by atoms with Crippen LogP contribution in [0.25, 0.3) is 0 Å². The van der Waals surface area contributed by atoms with Gasteiger partial charge in [-0.05, 0) is 49.8 Å². The lowest BCUT2D eigenvalue weighted by Gasteiger charge is -2.41. The van der Waals surface area contributed by atoms with Crippen LogP contribution in [0, 0.1) is 17.3 Å². The van der Waals surface area contributed by atoms with Crippen LogP contribution in [0.1, 0.15) is 31.6 Å². The van der Waals surface area contributed by atoms with Crippen molar-refractivity contribution < 1.29 is 23.7 Å². The maximum absolute atomic E-state index is 11.7. The minimum Gasteiger partial charge on any atom is -0.493 e. The molecular formula is C21H24O5. The molecule has 26 heavy (non-hydrogen) atoms. The summed E-state index contributed by atoms with van der Waals surface area (Å²) < 4.78 is 22.8. The van der Waals surface area contributed by atoms with Gasteiger partial charge in [0.05, 0.1) is 20.3 Å². The monoisotopic (exact) mass is 356 g/mol. The molecule has 2 bridgehead atoms. The molecule has 2 fully saturated rings. The van der Waals surface area contributed by atoms with Crippen molar-refractivity contribution >= 4 is 5.97 Å². The fourth-order valence-electron chi connectivity index (χ4n) is 4.25. The number of hydrogen-bond acceptors (Lipinski definition) is 5. The minimum atomic E-state index is -0.479. The molecule has 1 aromatic rings. The third-order valence-electron chi connectivity index (χ3n) is 5.68. The van der Waals surface area contributed by atoms with Crippen molar-refractivity contribution in [2.75, 3.05) is 20.3 Å². The van der Waals surface area contributed by atoms with Crippen LogP contribution in [0.3, 0.4) is 0 Å². The van der Waals surface area contributed by atoms with E-state index in [1.807, 2.05) is 6.07 Å². The summed E-state index contributed by atoms with van der Waals surface area (Å²) >= 11 is 0. The topological polar surface area (TPSA) is 54.0 Å². The zero-order valence-corrected chi connectivity index (χ0v) is 15.2. The van der Waals surface area contributed by atoms with Crippen LogP contribution in [-0.2, 0) is 14.3 Å². The van der Waals surface area contributed by atoms with Crippen LogP contribution in [-0.4, -0.2) is 26.3 Å². The largest absolute Gasteiger partial charge is 0.493 e. The number of carbonyl (C=O) groups is 1. The van der Waals surface area contributed by atoms with Crippen LogP contribution in [0.4, 0.5) is 0 Å². The van der Waals surface area contributed by atoms with Gasteiger partial charge in [-0.25, -0.2) is 4.79 Å². The van der Waals surface area contributed by atoms with Crippen LogP contribution < -0.4 is 9.47 Å². The number of allylic oxidation sites excluding steroid dienone is 2. The average molecular weight is 356 g/mol. The lowest BCUT2D eigenvalue weighted by atomic mass is 9.76. The second-order valence-corrected chi connectivity index (χ2v) is 7.59. The van der Waals surface area contributed by atoms with Gasteiger partial charge in [-0.3, -0.25) is 0 Å². The predicted molar refractivity (Wildman–Crippen MR) is 95.9 cm³/mol. The molecule has 0 N–H and O–H groups in total. The highest BCUT2D eigenvalue weighted by molar-refractivity contribution is 5.89. The van der Waals surface area contributed by atoms with Gasteiger partial charge in [-0.1, -0.05) is 18.7 Å². The number of fused-ring (bicyclic) bond motifs is 3. The number of benzene rings is 1. The van der Waals surface area contributed by atoms with Gasteiger partial charge in [-0.2, -0.15) is 0 Å². The van der Waals surface area contributed by atoms with E-state index in [-0.39, 0.29) is 5.41 Å². The van der Waals surface area contributed by atoms with Gasteiger partial charge >= 0.3 is 5.97 Å². The Bertz CT molecular complexity index is 758. The number of rotatable bonds is 4. The molecule has 0 aromatic heterocycles. The Morgan fingerprint density at radius 1 is 1.23 bits per heavy atom. The SMILES string of the molecule is C=C(C)C(=O)Oc1ccc(C2OCC3(CO2)CC2C=CC3C2)cc1OC. The van der Waals surface area contributed by atoms with E-state index in [1.165, 1.54) is 13.5 Å². The molecule has 5 nitrogen and oxygen atoms in total. The summed E-state index contributed by atoms with van der Waals surface area (Å²) in [6.45, 7) is 6.61. The molecule has 2 unspecified atom stereocenters. The van der Waals surface area contributed by atoms with E-state index in [0.717, 1.165) is 12.0 Å². The molecule has 2 aliphatic carbocycles. The quantitative estimate of drug-likeness (QED) is 0.355. The standard InChI is InChI=1S/C21H24O5/c1-13(2)19(22)26-17-7-5-15(9-18(17)23-3)20-24-11-21(12-25-20)10-14-4-6-16(21)8-14/h4-7,9,14,16,20H,1,8,10-12H2,2-3H3. The van der Waals surface area contributed by atoms with E-state index in [4.69, 9.17) is 18.9 Å². The highest BCUT2D eigenvalue weighted by Crippen LogP contribution is 2.54. The summed E-state index contributed by atoms with van der Waals surface area (Å²) in [6.07, 6.45) is 6.62. The second kappa shape index (κ2) is 6.56. The van der Waals surface area contributed by atoms with Crippen molar-refractivity contribution in [1.29, 1.82) is 0 Å². The van der Waals surface area contributed by atoms with Crippen molar-refractivity contribution in [1.82, 2.24) is 0 Å². The van der Waals surface area contributed by atoms with Gasteiger partial charge in [0.2, 0.25) is 0 Å². The number of carbonyl (C=O) groups excluding carboxylic acids is 1. The number of methoxy groups -OCH3 is 1. The second-order valence-electron chi connectivity index (χ2n) is 7.59. The summed E-state index contributed by atoms with van der Waals surface area (Å²) in [6, 6.07) is 5.34. The summed E-state index contributed by atoms with van der Waals surface area (Å²) in [4.78, 5) is 11.7. The fraction of sp³-hybridized carbons (Fsp3) is 0.476. The molecule has 1 saturated carbocycles. The van der Waals surface area contributed by atoms with E-state index in [0.29, 0.717) is 42.1 Å². The Kier molecular flexibility index (Phi) is 4.37. The molecule has 1 aromatic carbocycles. The van der Waals surface area contributed by atoms with Gasteiger partial charge < -0.3 is 18.9 Å². The Morgan fingerprint density at radius 3 is 2.58 bits per heavy atom. The first-order chi connectivity index (χ1) is 12.5. The molecule has 2 atom stereocenters. The maximum Gasteiger partial charge on any atom is 0.338 e. The van der Waals surface area contributed by atoms with Crippen molar-refractivity contribution in [2.24, 2.45) is 17.3 Å². The van der Waals surface area contributed by atoms with E-state index in [1.54, 1.807) is 19.1 Å². The molecular weight excluding hydrogens is 332 g/mol. The molecule has 1 saturated heterocycles. The van der Waals surface area contributed by atoms with E-state index in [2.05, 4.69) is 18.7 Å². The number of hydrogen-bond donors (Lipinski definition) is 0. The normalized spacial score (nSPS) is 32.0. The van der Waals surface area contributed by atoms with E-state index < -0.39 is 12.3 Å². The fourth-order valence-corrected chi connectivity index (χ4v) is 4.25. The zero-order chi connectivity index (χ0) is 18.3. The van der Waals surface area contributed by atoms with Crippen LogP contribution in [0.2, 0.25) is 0 Å². The highest BCUT2D eigenvalue weighted by Gasteiger charge is 2.51. The smallest absolute Gasteiger partial charge is 0.338 e. The lowest BCUT2D eigenvalue weighted by Crippen LogP contribution is -2.41. The van der Waals surface area contributed by atoms with Crippen LogP contribution >= 0.6 is 0 Å². The molecule has 1 heterocycles. The molecule has 0 radical (unpaired) electrons. The Balaban J connectivity index is 1.46. The van der Waals surface area contributed by atoms with Gasteiger partial charge in [0.1, 0.15) is 0 Å². The van der Waals surface area contributed by atoms with Crippen molar-refractivity contribution in [3.05, 3.63) is 48.1 Å². The predicted octanol–water partition coefficient (Wildman–Crippen LogP) is 3.80. The van der Waals surface area contributed by atoms with Crippen molar-refractivity contribution in [2.45, 2.75) is 26.1 Å². The van der Waals surface area contributed by atoms with Gasteiger partial charge in [-0.15, -0.1) is 0 Å². The molecule has 0 amide bonds. The number of ether oxygens (including phenoxy) is 4.